The van der Waals surface area contributed by atoms with Crippen LogP contribution in [0.25, 0.3) is 6.08 Å². The summed E-state index contributed by atoms with van der Waals surface area (Å²) in [7, 11) is 1.61. The topological polar surface area (TPSA) is 67.0 Å². The molecule has 0 atom stereocenters. The van der Waals surface area contributed by atoms with E-state index in [9.17, 15) is 4.79 Å². The Labute approximate surface area is 117 Å². The van der Waals surface area contributed by atoms with Crippen molar-refractivity contribution in [2.24, 2.45) is 0 Å². The van der Waals surface area contributed by atoms with E-state index < -0.39 is 0 Å². The van der Waals surface area contributed by atoms with Crippen LogP contribution in [-0.4, -0.2) is 29.5 Å². The smallest absolute Gasteiger partial charge is 0.244 e. The summed E-state index contributed by atoms with van der Waals surface area (Å²) >= 11 is 0. The van der Waals surface area contributed by atoms with Crippen molar-refractivity contribution in [1.29, 1.82) is 0 Å². The van der Waals surface area contributed by atoms with Gasteiger partial charge in [0.2, 0.25) is 5.91 Å². The minimum Gasteiger partial charge on any atom is -0.496 e. The number of carbonyl (C=O) groups is 1. The zero-order valence-electron chi connectivity index (χ0n) is 11.3. The number of H-pyrrole nitrogens is 1. The third kappa shape index (κ3) is 3.98. The average Bonchev–Trinajstić information content (AvgIpc) is 2.98. The van der Waals surface area contributed by atoms with Gasteiger partial charge in [0.05, 0.1) is 7.11 Å². The first kappa shape index (κ1) is 13.9. The number of aromatic amines is 1. The van der Waals surface area contributed by atoms with Gasteiger partial charge in [0.1, 0.15) is 11.6 Å². The lowest BCUT2D eigenvalue weighted by Crippen LogP contribution is -2.23. The van der Waals surface area contributed by atoms with Crippen molar-refractivity contribution >= 4 is 12.0 Å². The maximum absolute atomic E-state index is 11.7. The van der Waals surface area contributed by atoms with Crippen LogP contribution in [0.4, 0.5) is 0 Å². The van der Waals surface area contributed by atoms with Crippen molar-refractivity contribution < 1.29 is 9.53 Å². The summed E-state index contributed by atoms with van der Waals surface area (Å²) in [5.74, 6) is 1.47. The molecule has 0 fully saturated rings. The molecule has 2 N–H and O–H groups in total. The number of ether oxygens (including phenoxy) is 1. The Balaban J connectivity index is 1.83. The van der Waals surface area contributed by atoms with E-state index in [0.29, 0.717) is 13.0 Å². The van der Waals surface area contributed by atoms with Crippen LogP contribution in [0.5, 0.6) is 5.75 Å². The second-order valence-corrected chi connectivity index (χ2v) is 4.15. The number of methoxy groups -OCH3 is 1. The summed E-state index contributed by atoms with van der Waals surface area (Å²) in [5, 5.41) is 2.80. The SMILES string of the molecule is COc1ccccc1/C=C/C(=O)NCCc1ncc[nH]1. The van der Waals surface area contributed by atoms with Crippen molar-refractivity contribution in [1.82, 2.24) is 15.3 Å². The molecular formula is C15H17N3O2. The standard InChI is InChI=1S/C15H17N3O2/c1-20-13-5-3-2-4-12(13)6-7-15(19)18-9-8-14-16-10-11-17-14/h2-7,10-11H,8-9H2,1H3,(H,16,17)(H,18,19)/b7-6+. The summed E-state index contributed by atoms with van der Waals surface area (Å²) in [6.07, 6.45) is 7.37. The predicted molar refractivity (Wildman–Crippen MR) is 77.3 cm³/mol. The van der Waals surface area contributed by atoms with Crippen LogP contribution >= 0.6 is 0 Å². The second-order valence-electron chi connectivity index (χ2n) is 4.15. The van der Waals surface area contributed by atoms with E-state index in [4.69, 9.17) is 4.74 Å². The number of rotatable bonds is 6. The molecule has 0 saturated heterocycles. The fourth-order valence-corrected chi connectivity index (χ4v) is 1.77. The van der Waals surface area contributed by atoms with Gasteiger partial charge in [-0.15, -0.1) is 0 Å². The van der Waals surface area contributed by atoms with Crippen LogP contribution in [0.2, 0.25) is 0 Å². The first-order chi connectivity index (χ1) is 9.79. The minimum atomic E-state index is -0.137. The summed E-state index contributed by atoms with van der Waals surface area (Å²) in [6, 6.07) is 7.54. The highest BCUT2D eigenvalue weighted by atomic mass is 16.5. The van der Waals surface area contributed by atoms with Gasteiger partial charge in [-0.2, -0.15) is 0 Å². The number of para-hydroxylation sites is 1. The van der Waals surface area contributed by atoms with Gasteiger partial charge in [-0.25, -0.2) is 4.98 Å². The van der Waals surface area contributed by atoms with Crippen molar-refractivity contribution in [3.63, 3.8) is 0 Å². The normalized spacial score (nSPS) is 10.7. The van der Waals surface area contributed by atoms with E-state index in [1.165, 1.54) is 6.08 Å². The number of carbonyl (C=O) groups excluding carboxylic acids is 1. The van der Waals surface area contributed by atoms with Gasteiger partial charge in [0, 0.05) is 37.0 Å². The van der Waals surface area contributed by atoms with Crippen molar-refractivity contribution in [2.45, 2.75) is 6.42 Å². The molecule has 1 amide bonds. The van der Waals surface area contributed by atoms with Gasteiger partial charge in [-0.05, 0) is 12.1 Å². The summed E-state index contributed by atoms with van der Waals surface area (Å²) < 4.78 is 5.21. The van der Waals surface area contributed by atoms with E-state index in [2.05, 4.69) is 15.3 Å². The molecule has 0 aliphatic carbocycles. The van der Waals surface area contributed by atoms with E-state index in [0.717, 1.165) is 17.1 Å². The molecule has 5 heteroatoms. The number of nitrogens with zero attached hydrogens (tertiary/aromatic N) is 1. The van der Waals surface area contributed by atoms with Crippen LogP contribution in [0.3, 0.4) is 0 Å². The van der Waals surface area contributed by atoms with Gasteiger partial charge in [0.15, 0.2) is 0 Å². The molecule has 0 saturated carbocycles. The molecule has 5 nitrogen and oxygen atoms in total. The van der Waals surface area contributed by atoms with Crippen LogP contribution in [0, 0.1) is 0 Å². The monoisotopic (exact) mass is 271 g/mol. The third-order valence-corrected chi connectivity index (χ3v) is 2.77. The Morgan fingerprint density at radius 2 is 2.30 bits per heavy atom. The fraction of sp³-hybridized carbons (Fsp3) is 0.200. The van der Waals surface area contributed by atoms with Gasteiger partial charge >= 0.3 is 0 Å². The second kappa shape index (κ2) is 7.13. The molecule has 1 heterocycles. The molecule has 20 heavy (non-hydrogen) atoms. The van der Waals surface area contributed by atoms with E-state index in [1.807, 2.05) is 24.3 Å². The highest BCUT2D eigenvalue weighted by molar-refractivity contribution is 5.92. The number of hydrogen-bond donors (Lipinski definition) is 2. The number of imidazole rings is 1. The van der Waals surface area contributed by atoms with Gasteiger partial charge in [-0.1, -0.05) is 18.2 Å². The Hall–Kier alpha value is -2.56. The van der Waals surface area contributed by atoms with Crippen LogP contribution in [0.1, 0.15) is 11.4 Å². The summed E-state index contributed by atoms with van der Waals surface area (Å²) in [4.78, 5) is 18.7. The van der Waals surface area contributed by atoms with Crippen molar-refractivity contribution in [3.8, 4) is 5.75 Å². The maximum atomic E-state index is 11.7. The number of benzene rings is 1. The van der Waals surface area contributed by atoms with Crippen molar-refractivity contribution in [2.75, 3.05) is 13.7 Å². The molecular weight excluding hydrogens is 254 g/mol. The molecule has 0 aliphatic rings. The number of amides is 1. The lowest BCUT2D eigenvalue weighted by Gasteiger charge is -2.03. The lowest BCUT2D eigenvalue weighted by atomic mass is 10.2. The zero-order valence-corrected chi connectivity index (χ0v) is 11.3. The highest BCUT2D eigenvalue weighted by Crippen LogP contribution is 2.18. The third-order valence-electron chi connectivity index (χ3n) is 2.77. The van der Waals surface area contributed by atoms with E-state index >= 15 is 0 Å². The quantitative estimate of drug-likeness (QED) is 0.787. The first-order valence-electron chi connectivity index (χ1n) is 6.37. The Bertz CT molecular complexity index is 577. The van der Waals surface area contributed by atoms with E-state index in [-0.39, 0.29) is 5.91 Å². The van der Waals surface area contributed by atoms with Gasteiger partial charge in [0.25, 0.3) is 0 Å². The van der Waals surface area contributed by atoms with Crippen LogP contribution in [0.15, 0.2) is 42.7 Å². The Morgan fingerprint density at radius 1 is 1.45 bits per heavy atom. The molecule has 0 unspecified atom stereocenters. The summed E-state index contributed by atoms with van der Waals surface area (Å²) in [6.45, 7) is 0.544. The molecule has 1 aromatic carbocycles. The number of hydrogen-bond acceptors (Lipinski definition) is 3. The molecule has 0 spiro atoms. The zero-order chi connectivity index (χ0) is 14.2. The van der Waals surface area contributed by atoms with Gasteiger partial charge < -0.3 is 15.0 Å². The van der Waals surface area contributed by atoms with Gasteiger partial charge in [-0.3, -0.25) is 4.79 Å². The predicted octanol–water partition coefficient (Wildman–Crippen LogP) is 1.79. The maximum Gasteiger partial charge on any atom is 0.244 e. The average molecular weight is 271 g/mol. The number of aromatic nitrogens is 2. The number of nitrogens with one attached hydrogen (secondary N) is 2. The molecule has 104 valence electrons. The van der Waals surface area contributed by atoms with E-state index in [1.54, 1.807) is 25.6 Å². The Kier molecular flexibility index (Phi) is 4.94. The minimum absolute atomic E-state index is 0.137. The largest absolute Gasteiger partial charge is 0.496 e. The Morgan fingerprint density at radius 3 is 3.05 bits per heavy atom. The molecule has 1 aromatic heterocycles. The molecule has 2 rings (SSSR count). The van der Waals surface area contributed by atoms with Crippen LogP contribution in [-0.2, 0) is 11.2 Å². The lowest BCUT2D eigenvalue weighted by molar-refractivity contribution is -0.116. The first-order valence-corrected chi connectivity index (χ1v) is 6.37. The van der Waals surface area contributed by atoms with Crippen molar-refractivity contribution in [3.05, 3.63) is 54.1 Å². The molecule has 0 bridgehead atoms. The fourth-order valence-electron chi connectivity index (χ4n) is 1.77. The molecule has 0 radical (unpaired) electrons. The molecule has 0 aliphatic heterocycles. The van der Waals surface area contributed by atoms with Crippen LogP contribution < -0.4 is 10.1 Å². The highest BCUT2D eigenvalue weighted by Gasteiger charge is 2.00. The summed E-state index contributed by atoms with van der Waals surface area (Å²) in [5.41, 5.74) is 0.871. The molecule has 2 aromatic rings.